The van der Waals surface area contributed by atoms with Crippen molar-refractivity contribution in [3.8, 4) is 5.75 Å². The molecule has 0 aliphatic heterocycles. The van der Waals surface area contributed by atoms with Gasteiger partial charge in [-0.3, -0.25) is 9.48 Å². The second kappa shape index (κ2) is 8.26. The lowest BCUT2D eigenvalue weighted by atomic mass is 10.2. The summed E-state index contributed by atoms with van der Waals surface area (Å²) < 4.78 is 12.9. The second-order valence-electron chi connectivity index (χ2n) is 6.23. The highest BCUT2D eigenvalue weighted by Gasteiger charge is 2.16. The zero-order valence-corrected chi connectivity index (χ0v) is 15.1. The average Bonchev–Trinajstić information content (AvgIpc) is 3.40. The standard InChI is InChI=1S/C22H19N3O3/c26-22(21-18(11-14-27-21)16-28-20-5-2-1-3-6-20)24-19-9-7-17(8-10-19)15-25-13-4-12-23-25/h1-14H,15-16H2,(H,24,26). The van der Waals surface area contributed by atoms with Crippen LogP contribution in [0.5, 0.6) is 5.75 Å². The molecule has 2 heterocycles. The maximum absolute atomic E-state index is 12.6. The first kappa shape index (κ1) is 17.6. The molecular weight excluding hydrogens is 354 g/mol. The van der Waals surface area contributed by atoms with E-state index >= 15 is 0 Å². The van der Waals surface area contributed by atoms with Crippen LogP contribution in [0.1, 0.15) is 21.7 Å². The molecule has 0 saturated heterocycles. The number of nitrogens with zero attached hydrogens (tertiary/aromatic N) is 2. The number of rotatable bonds is 7. The van der Waals surface area contributed by atoms with Crippen molar-refractivity contribution in [1.29, 1.82) is 0 Å². The summed E-state index contributed by atoms with van der Waals surface area (Å²) in [6.45, 7) is 0.937. The van der Waals surface area contributed by atoms with Gasteiger partial charge in [-0.25, -0.2) is 0 Å². The van der Waals surface area contributed by atoms with E-state index in [0.717, 1.165) is 11.3 Å². The van der Waals surface area contributed by atoms with E-state index in [9.17, 15) is 4.79 Å². The Hall–Kier alpha value is -3.80. The molecule has 6 nitrogen and oxygen atoms in total. The molecule has 2 aromatic heterocycles. The lowest BCUT2D eigenvalue weighted by Gasteiger charge is -2.08. The monoisotopic (exact) mass is 373 g/mol. The van der Waals surface area contributed by atoms with Crippen molar-refractivity contribution in [2.75, 3.05) is 5.32 Å². The van der Waals surface area contributed by atoms with Crippen molar-refractivity contribution in [2.45, 2.75) is 13.2 Å². The molecule has 4 rings (SSSR count). The quantitative estimate of drug-likeness (QED) is 0.523. The van der Waals surface area contributed by atoms with Crippen molar-refractivity contribution in [3.63, 3.8) is 0 Å². The Morgan fingerprint density at radius 3 is 2.61 bits per heavy atom. The van der Waals surface area contributed by atoms with E-state index in [1.54, 1.807) is 12.3 Å². The second-order valence-corrected chi connectivity index (χ2v) is 6.23. The van der Waals surface area contributed by atoms with Crippen LogP contribution in [0.25, 0.3) is 0 Å². The minimum Gasteiger partial charge on any atom is -0.489 e. The van der Waals surface area contributed by atoms with Crippen molar-refractivity contribution < 1.29 is 13.9 Å². The molecule has 0 spiro atoms. The van der Waals surface area contributed by atoms with Gasteiger partial charge in [0.25, 0.3) is 5.91 Å². The molecule has 4 aromatic rings. The number of furan rings is 1. The summed E-state index contributed by atoms with van der Waals surface area (Å²) in [6, 6.07) is 20.7. The molecular formula is C22H19N3O3. The Morgan fingerprint density at radius 2 is 1.86 bits per heavy atom. The number of ether oxygens (including phenoxy) is 1. The number of aromatic nitrogens is 2. The molecule has 0 radical (unpaired) electrons. The maximum Gasteiger partial charge on any atom is 0.291 e. The van der Waals surface area contributed by atoms with E-state index in [1.165, 1.54) is 6.26 Å². The molecule has 0 saturated carbocycles. The molecule has 0 fully saturated rings. The number of carbonyl (C=O) groups excluding carboxylic acids is 1. The normalized spacial score (nSPS) is 10.6. The van der Waals surface area contributed by atoms with Crippen molar-refractivity contribution in [2.24, 2.45) is 0 Å². The minimum absolute atomic E-state index is 0.247. The van der Waals surface area contributed by atoms with Crippen LogP contribution in [0.3, 0.4) is 0 Å². The lowest BCUT2D eigenvalue weighted by Crippen LogP contribution is -2.13. The van der Waals surface area contributed by atoms with Crippen LogP contribution >= 0.6 is 0 Å². The largest absolute Gasteiger partial charge is 0.489 e. The van der Waals surface area contributed by atoms with Crippen LogP contribution in [0, 0.1) is 0 Å². The molecule has 2 aromatic carbocycles. The Kier molecular flexibility index (Phi) is 5.20. The third-order valence-corrected chi connectivity index (χ3v) is 4.21. The minimum atomic E-state index is -0.309. The molecule has 28 heavy (non-hydrogen) atoms. The molecule has 0 aliphatic carbocycles. The number of nitrogens with one attached hydrogen (secondary N) is 1. The Labute approximate surface area is 162 Å². The van der Waals surface area contributed by atoms with E-state index in [1.807, 2.05) is 71.5 Å². The number of anilines is 1. The fraction of sp³-hybridized carbons (Fsp3) is 0.0909. The Bertz CT molecular complexity index is 1020. The van der Waals surface area contributed by atoms with E-state index < -0.39 is 0 Å². The number of hydrogen-bond acceptors (Lipinski definition) is 4. The van der Waals surface area contributed by atoms with Gasteiger partial charge < -0.3 is 14.5 Å². The van der Waals surface area contributed by atoms with Gasteiger partial charge in [0, 0.05) is 23.6 Å². The number of amides is 1. The smallest absolute Gasteiger partial charge is 0.291 e. The predicted molar refractivity (Wildman–Crippen MR) is 105 cm³/mol. The summed E-state index contributed by atoms with van der Waals surface area (Å²) in [5, 5.41) is 7.05. The highest BCUT2D eigenvalue weighted by Crippen LogP contribution is 2.18. The molecule has 0 unspecified atom stereocenters. The van der Waals surface area contributed by atoms with Gasteiger partial charge in [0.2, 0.25) is 0 Å². The van der Waals surface area contributed by atoms with Gasteiger partial charge >= 0.3 is 0 Å². The summed E-state index contributed by atoms with van der Waals surface area (Å²) in [5.74, 6) is 0.677. The van der Waals surface area contributed by atoms with Gasteiger partial charge in [-0.1, -0.05) is 30.3 Å². The summed E-state index contributed by atoms with van der Waals surface area (Å²) in [5.41, 5.74) is 2.48. The van der Waals surface area contributed by atoms with E-state index in [2.05, 4.69) is 10.4 Å². The van der Waals surface area contributed by atoms with Crippen LogP contribution in [-0.4, -0.2) is 15.7 Å². The zero-order valence-electron chi connectivity index (χ0n) is 15.1. The van der Waals surface area contributed by atoms with E-state index in [4.69, 9.17) is 9.15 Å². The Morgan fingerprint density at radius 1 is 1.04 bits per heavy atom. The van der Waals surface area contributed by atoms with Gasteiger partial charge in [0.15, 0.2) is 5.76 Å². The molecule has 0 aliphatic rings. The van der Waals surface area contributed by atoms with E-state index in [-0.39, 0.29) is 18.3 Å². The molecule has 1 amide bonds. The predicted octanol–water partition coefficient (Wildman–Crippen LogP) is 4.36. The molecule has 6 heteroatoms. The first-order valence-corrected chi connectivity index (χ1v) is 8.90. The van der Waals surface area contributed by atoms with Gasteiger partial charge in [-0.15, -0.1) is 0 Å². The first-order chi connectivity index (χ1) is 13.8. The van der Waals surface area contributed by atoms with Crippen LogP contribution in [-0.2, 0) is 13.2 Å². The highest BCUT2D eigenvalue weighted by atomic mass is 16.5. The molecule has 0 atom stereocenters. The summed E-state index contributed by atoms with van der Waals surface area (Å²) in [6.07, 6.45) is 5.15. The van der Waals surface area contributed by atoms with Crippen LogP contribution in [0.2, 0.25) is 0 Å². The SMILES string of the molecule is O=C(Nc1ccc(Cn2cccn2)cc1)c1occc1COc1ccccc1. The van der Waals surface area contributed by atoms with Crippen LogP contribution in [0.4, 0.5) is 5.69 Å². The summed E-state index contributed by atoms with van der Waals surface area (Å²) in [7, 11) is 0. The molecule has 0 bridgehead atoms. The van der Waals surface area contributed by atoms with Gasteiger partial charge in [0.1, 0.15) is 12.4 Å². The van der Waals surface area contributed by atoms with Gasteiger partial charge in [0.05, 0.1) is 12.8 Å². The number of hydrogen-bond donors (Lipinski definition) is 1. The fourth-order valence-electron chi connectivity index (χ4n) is 2.79. The first-order valence-electron chi connectivity index (χ1n) is 8.90. The van der Waals surface area contributed by atoms with Crippen LogP contribution < -0.4 is 10.1 Å². The maximum atomic E-state index is 12.6. The summed E-state index contributed by atoms with van der Waals surface area (Å²) >= 11 is 0. The van der Waals surface area contributed by atoms with Crippen molar-refractivity contribution in [3.05, 3.63) is 102 Å². The third-order valence-electron chi connectivity index (χ3n) is 4.21. The molecule has 1 N–H and O–H groups in total. The number of benzene rings is 2. The van der Waals surface area contributed by atoms with E-state index in [0.29, 0.717) is 17.8 Å². The number of carbonyl (C=O) groups is 1. The zero-order chi connectivity index (χ0) is 19.2. The summed E-state index contributed by atoms with van der Waals surface area (Å²) in [4.78, 5) is 12.6. The third kappa shape index (κ3) is 4.29. The van der Waals surface area contributed by atoms with Crippen LogP contribution in [0.15, 0.2) is 89.8 Å². The molecule has 140 valence electrons. The lowest BCUT2D eigenvalue weighted by molar-refractivity contribution is 0.0993. The van der Waals surface area contributed by atoms with Crippen molar-refractivity contribution >= 4 is 11.6 Å². The van der Waals surface area contributed by atoms with Gasteiger partial charge in [-0.2, -0.15) is 5.10 Å². The van der Waals surface area contributed by atoms with Gasteiger partial charge in [-0.05, 0) is 42.0 Å². The topological polar surface area (TPSA) is 69.3 Å². The Balaban J connectivity index is 1.38. The number of para-hydroxylation sites is 1. The van der Waals surface area contributed by atoms with Crippen molar-refractivity contribution in [1.82, 2.24) is 9.78 Å². The fourth-order valence-corrected chi connectivity index (χ4v) is 2.79. The highest BCUT2D eigenvalue weighted by molar-refractivity contribution is 6.03. The average molecular weight is 373 g/mol.